The molecule has 0 saturated heterocycles. The molecule has 27 heavy (non-hydrogen) atoms. The lowest BCUT2D eigenvalue weighted by Crippen LogP contribution is -1.94. The van der Waals surface area contributed by atoms with E-state index in [1.165, 1.54) is 41.4 Å². The Kier molecular flexibility index (Phi) is 6.66. The molecule has 0 radical (unpaired) electrons. The van der Waals surface area contributed by atoms with Crippen LogP contribution in [-0.4, -0.2) is 0 Å². The SMILES string of the molecule is CC(C)C1=CCc2c(C#N)cc(Br)cc21.CC1=CCc2c(I)cc(Br)cc21. The van der Waals surface area contributed by atoms with Crippen LogP contribution in [0.5, 0.6) is 0 Å². The molecule has 0 heterocycles. The van der Waals surface area contributed by atoms with Gasteiger partial charge in [0.1, 0.15) is 0 Å². The van der Waals surface area contributed by atoms with E-state index in [1.807, 2.05) is 6.07 Å². The molecule has 0 spiro atoms. The van der Waals surface area contributed by atoms with Crippen LogP contribution < -0.4 is 0 Å². The van der Waals surface area contributed by atoms with E-state index in [2.05, 4.69) is 112 Å². The van der Waals surface area contributed by atoms with Crippen LogP contribution >= 0.6 is 54.5 Å². The summed E-state index contributed by atoms with van der Waals surface area (Å²) in [5.41, 5.74) is 8.89. The minimum absolute atomic E-state index is 0.520. The number of nitrogens with zero attached hydrogens (tertiary/aromatic N) is 1. The normalized spacial score (nSPS) is 14.0. The minimum atomic E-state index is 0.520. The van der Waals surface area contributed by atoms with Crippen LogP contribution in [0.4, 0.5) is 0 Å². The highest BCUT2D eigenvalue weighted by Gasteiger charge is 2.20. The zero-order chi connectivity index (χ0) is 19.7. The highest BCUT2D eigenvalue weighted by atomic mass is 127. The largest absolute Gasteiger partial charge is 0.192 e. The van der Waals surface area contributed by atoms with Crippen molar-refractivity contribution < 1.29 is 0 Å². The number of hydrogen-bond acceptors (Lipinski definition) is 1. The van der Waals surface area contributed by atoms with Crippen LogP contribution in [0.3, 0.4) is 0 Å². The van der Waals surface area contributed by atoms with Crippen molar-refractivity contribution in [2.75, 3.05) is 0 Å². The van der Waals surface area contributed by atoms with Gasteiger partial charge < -0.3 is 0 Å². The van der Waals surface area contributed by atoms with Gasteiger partial charge in [0.15, 0.2) is 0 Å². The molecule has 138 valence electrons. The monoisotopic (exact) mass is 595 g/mol. The number of rotatable bonds is 1. The Morgan fingerprint density at radius 3 is 2.26 bits per heavy atom. The smallest absolute Gasteiger partial charge is 0.0995 e. The fourth-order valence-electron chi connectivity index (χ4n) is 3.61. The molecule has 0 bridgehead atoms. The third kappa shape index (κ3) is 4.41. The van der Waals surface area contributed by atoms with Gasteiger partial charge in [-0.05, 0) is 106 Å². The van der Waals surface area contributed by atoms with E-state index < -0.39 is 0 Å². The quantitative estimate of drug-likeness (QED) is 0.307. The third-order valence-corrected chi connectivity index (χ3v) is 6.87. The molecule has 0 aliphatic heterocycles. The summed E-state index contributed by atoms with van der Waals surface area (Å²) >= 11 is 9.36. The molecule has 0 atom stereocenters. The Morgan fingerprint density at radius 2 is 1.59 bits per heavy atom. The van der Waals surface area contributed by atoms with Crippen LogP contribution in [0.25, 0.3) is 11.1 Å². The Morgan fingerprint density at radius 1 is 0.963 bits per heavy atom. The fourth-order valence-corrected chi connectivity index (χ4v) is 5.80. The second kappa shape index (κ2) is 8.63. The van der Waals surface area contributed by atoms with Gasteiger partial charge >= 0.3 is 0 Å². The average Bonchev–Trinajstić information content (AvgIpc) is 3.19. The number of fused-ring (bicyclic) bond motifs is 2. The first-order valence-electron chi connectivity index (χ1n) is 8.89. The molecule has 4 heteroatoms. The van der Waals surface area contributed by atoms with Crippen LogP contribution in [0.15, 0.2) is 45.4 Å². The number of halogens is 3. The summed E-state index contributed by atoms with van der Waals surface area (Å²) in [4.78, 5) is 0. The molecule has 4 rings (SSSR count). The molecule has 2 aromatic carbocycles. The van der Waals surface area contributed by atoms with Gasteiger partial charge in [-0.3, -0.25) is 0 Å². The van der Waals surface area contributed by atoms with Gasteiger partial charge in [-0.25, -0.2) is 0 Å². The predicted octanol–water partition coefficient (Wildman–Crippen LogP) is 7.93. The van der Waals surface area contributed by atoms with E-state index in [4.69, 9.17) is 5.26 Å². The van der Waals surface area contributed by atoms with Gasteiger partial charge in [0.25, 0.3) is 0 Å². The Hall–Kier alpha value is -0.900. The zero-order valence-corrected chi connectivity index (χ0v) is 20.9. The van der Waals surface area contributed by atoms with Gasteiger partial charge in [0.05, 0.1) is 11.6 Å². The molecule has 2 aliphatic carbocycles. The Labute approximate surface area is 192 Å². The first-order valence-corrected chi connectivity index (χ1v) is 11.6. The molecule has 0 fully saturated rings. The molecule has 2 aliphatic rings. The first kappa shape index (κ1) is 20.8. The van der Waals surface area contributed by atoms with Gasteiger partial charge in [-0.1, -0.05) is 57.9 Å². The highest BCUT2D eigenvalue weighted by molar-refractivity contribution is 14.1. The summed E-state index contributed by atoms with van der Waals surface area (Å²) in [6, 6.07) is 10.7. The highest BCUT2D eigenvalue weighted by Crippen LogP contribution is 2.36. The fraction of sp³-hybridized carbons (Fsp3) is 0.261. The molecule has 0 aromatic heterocycles. The molecule has 0 unspecified atom stereocenters. The summed E-state index contributed by atoms with van der Waals surface area (Å²) in [7, 11) is 0. The second-order valence-corrected chi connectivity index (χ2v) is 10.1. The Bertz CT molecular complexity index is 1010. The lowest BCUT2D eigenvalue weighted by molar-refractivity contribution is 0.857. The van der Waals surface area contributed by atoms with Crippen LogP contribution in [-0.2, 0) is 12.8 Å². The van der Waals surface area contributed by atoms with E-state index in [0.717, 1.165) is 22.9 Å². The maximum atomic E-state index is 9.06. The van der Waals surface area contributed by atoms with Crippen molar-refractivity contribution in [3.8, 4) is 6.07 Å². The summed E-state index contributed by atoms with van der Waals surface area (Å²) in [6.07, 6.45) is 6.54. The van der Waals surface area contributed by atoms with Gasteiger partial charge in [-0.2, -0.15) is 5.26 Å². The molecule has 0 N–H and O–H groups in total. The van der Waals surface area contributed by atoms with Crippen LogP contribution in [0, 0.1) is 20.8 Å². The molecule has 2 aromatic rings. The summed E-state index contributed by atoms with van der Waals surface area (Å²) in [5.74, 6) is 0.520. The summed E-state index contributed by atoms with van der Waals surface area (Å²) < 4.78 is 3.54. The topological polar surface area (TPSA) is 23.8 Å². The first-order chi connectivity index (χ1) is 12.8. The van der Waals surface area contributed by atoms with Gasteiger partial charge in [0.2, 0.25) is 0 Å². The van der Waals surface area contributed by atoms with E-state index >= 15 is 0 Å². The number of hydrogen-bond donors (Lipinski definition) is 0. The van der Waals surface area contributed by atoms with Crippen molar-refractivity contribution in [2.45, 2.75) is 33.6 Å². The van der Waals surface area contributed by atoms with Crippen molar-refractivity contribution >= 4 is 65.6 Å². The number of benzene rings is 2. The van der Waals surface area contributed by atoms with E-state index in [0.29, 0.717) is 5.92 Å². The van der Waals surface area contributed by atoms with E-state index in [1.54, 1.807) is 0 Å². The summed E-state index contributed by atoms with van der Waals surface area (Å²) in [5, 5.41) is 9.06. The van der Waals surface area contributed by atoms with Gasteiger partial charge in [-0.15, -0.1) is 0 Å². The molecule has 1 nitrogen and oxygen atoms in total. The maximum absolute atomic E-state index is 9.06. The van der Waals surface area contributed by atoms with Crippen molar-refractivity contribution in [3.63, 3.8) is 0 Å². The second-order valence-electron chi connectivity index (χ2n) is 7.11. The predicted molar refractivity (Wildman–Crippen MR) is 130 cm³/mol. The standard InChI is InChI=1S/C13H12BrN.C10H8BrI/c1-8(2)11-3-4-12-9(7-15)5-10(14)6-13(11)12;1-6-2-3-8-9(6)4-7(11)5-10(8)12/h3,5-6,8H,4H2,1-2H3;2,4-5H,3H2,1H3. The summed E-state index contributed by atoms with van der Waals surface area (Å²) in [6.45, 7) is 6.55. The number of allylic oxidation sites excluding steroid dienone is 4. The molecule has 0 saturated carbocycles. The van der Waals surface area contributed by atoms with E-state index in [-0.39, 0.29) is 0 Å². The number of nitriles is 1. The van der Waals surface area contributed by atoms with Crippen molar-refractivity contribution in [2.24, 2.45) is 5.92 Å². The Balaban J connectivity index is 0.000000159. The van der Waals surface area contributed by atoms with Crippen LogP contribution in [0.1, 0.15) is 48.6 Å². The van der Waals surface area contributed by atoms with Gasteiger partial charge in [0, 0.05) is 12.5 Å². The van der Waals surface area contributed by atoms with Crippen molar-refractivity contribution in [3.05, 3.63) is 76.8 Å². The minimum Gasteiger partial charge on any atom is -0.192 e. The lowest BCUT2D eigenvalue weighted by Gasteiger charge is -2.10. The van der Waals surface area contributed by atoms with E-state index in [9.17, 15) is 0 Å². The molecule has 0 amide bonds. The van der Waals surface area contributed by atoms with Crippen molar-refractivity contribution in [1.82, 2.24) is 0 Å². The maximum Gasteiger partial charge on any atom is 0.0995 e. The average molecular weight is 597 g/mol. The van der Waals surface area contributed by atoms with Crippen LogP contribution in [0.2, 0.25) is 0 Å². The lowest BCUT2D eigenvalue weighted by atomic mass is 9.95. The zero-order valence-electron chi connectivity index (χ0n) is 15.5. The van der Waals surface area contributed by atoms with Crippen molar-refractivity contribution in [1.29, 1.82) is 5.26 Å². The molecular formula is C23H20Br2IN. The molecular weight excluding hydrogens is 577 g/mol. The third-order valence-electron chi connectivity index (χ3n) is 4.99.